The van der Waals surface area contributed by atoms with Gasteiger partial charge in [-0.15, -0.1) is 0 Å². The first-order valence-electron chi connectivity index (χ1n) is 6.24. The fourth-order valence-corrected chi connectivity index (χ4v) is 3.38. The topological polar surface area (TPSA) is 107 Å². The van der Waals surface area contributed by atoms with Crippen molar-refractivity contribution in [2.24, 2.45) is 0 Å². The van der Waals surface area contributed by atoms with Crippen molar-refractivity contribution in [1.29, 1.82) is 0 Å². The summed E-state index contributed by atoms with van der Waals surface area (Å²) in [6.07, 6.45) is 2.64. The van der Waals surface area contributed by atoms with Crippen molar-refractivity contribution in [3.8, 4) is 5.75 Å². The van der Waals surface area contributed by atoms with E-state index >= 15 is 0 Å². The summed E-state index contributed by atoms with van der Waals surface area (Å²) in [4.78, 5) is 10.9. The number of piperidine rings is 1. The number of aromatic hydroxyl groups is 1. The van der Waals surface area contributed by atoms with Crippen LogP contribution in [0.25, 0.3) is 0 Å². The van der Waals surface area contributed by atoms with E-state index in [9.17, 15) is 18.3 Å². The number of carbonyl (C=O) groups is 1. The molecular formula is C12H16N2O5S. The third-order valence-corrected chi connectivity index (χ3v) is 4.67. The minimum atomic E-state index is -3.68. The van der Waals surface area contributed by atoms with Crippen LogP contribution in [0.5, 0.6) is 5.75 Å². The Labute approximate surface area is 117 Å². The van der Waals surface area contributed by atoms with E-state index in [1.807, 2.05) is 0 Å². The molecular weight excluding hydrogens is 284 g/mol. The number of carboxylic acids is 1. The van der Waals surface area contributed by atoms with Gasteiger partial charge in [0, 0.05) is 13.1 Å². The number of phenols is 1. The monoisotopic (exact) mass is 300 g/mol. The van der Waals surface area contributed by atoms with Gasteiger partial charge < -0.3 is 10.2 Å². The van der Waals surface area contributed by atoms with Crippen molar-refractivity contribution < 1.29 is 23.4 Å². The van der Waals surface area contributed by atoms with Crippen molar-refractivity contribution in [1.82, 2.24) is 4.31 Å². The van der Waals surface area contributed by atoms with Gasteiger partial charge in [-0.2, -0.15) is 12.7 Å². The largest absolute Gasteiger partial charge is 0.507 e. The molecule has 0 aromatic heterocycles. The van der Waals surface area contributed by atoms with Gasteiger partial charge in [-0.05, 0) is 31.0 Å². The standard InChI is InChI=1S/C12H16N2O5S/c15-11-5-4-9(8-10(11)12(16)17)13-20(18,19)14-6-2-1-3-7-14/h4-5,8,13,15H,1-3,6-7H2,(H,16,17). The second kappa shape index (κ2) is 5.68. The Morgan fingerprint density at radius 1 is 1.20 bits per heavy atom. The molecule has 20 heavy (non-hydrogen) atoms. The van der Waals surface area contributed by atoms with Crippen LogP contribution in [-0.4, -0.2) is 42.0 Å². The highest BCUT2D eigenvalue weighted by molar-refractivity contribution is 7.90. The van der Waals surface area contributed by atoms with E-state index in [-0.39, 0.29) is 11.3 Å². The second-order valence-corrected chi connectivity index (χ2v) is 6.27. The second-order valence-electron chi connectivity index (χ2n) is 4.60. The molecule has 1 heterocycles. The molecule has 1 aliphatic heterocycles. The average molecular weight is 300 g/mol. The van der Waals surface area contributed by atoms with E-state index < -0.39 is 21.9 Å². The highest BCUT2D eigenvalue weighted by atomic mass is 32.2. The lowest BCUT2D eigenvalue weighted by Gasteiger charge is -2.26. The Morgan fingerprint density at radius 3 is 2.45 bits per heavy atom. The molecule has 110 valence electrons. The number of aromatic carboxylic acids is 1. The minimum Gasteiger partial charge on any atom is -0.507 e. The summed E-state index contributed by atoms with van der Waals surface area (Å²) >= 11 is 0. The van der Waals surface area contributed by atoms with Gasteiger partial charge in [-0.1, -0.05) is 6.42 Å². The summed E-state index contributed by atoms with van der Waals surface area (Å²) in [5, 5.41) is 18.3. The Balaban J connectivity index is 2.20. The molecule has 0 radical (unpaired) electrons. The van der Waals surface area contributed by atoms with E-state index in [0.29, 0.717) is 13.1 Å². The van der Waals surface area contributed by atoms with Gasteiger partial charge in [0.25, 0.3) is 0 Å². The summed E-state index contributed by atoms with van der Waals surface area (Å²) < 4.78 is 27.9. The normalized spacial score (nSPS) is 16.8. The first-order valence-corrected chi connectivity index (χ1v) is 7.68. The van der Waals surface area contributed by atoms with E-state index in [0.717, 1.165) is 31.4 Å². The van der Waals surface area contributed by atoms with E-state index in [1.165, 1.54) is 10.4 Å². The molecule has 1 aromatic rings. The number of benzene rings is 1. The highest BCUT2D eigenvalue weighted by Crippen LogP contribution is 2.23. The predicted molar refractivity (Wildman–Crippen MR) is 73.0 cm³/mol. The van der Waals surface area contributed by atoms with Crippen LogP contribution in [0.3, 0.4) is 0 Å². The first-order chi connectivity index (χ1) is 9.40. The molecule has 1 aliphatic rings. The Morgan fingerprint density at radius 2 is 1.85 bits per heavy atom. The number of anilines is 1. The number of carboxylic acid groups (broad SMARTS) is 1. The molecule has 0 aliphatic carbocycles. The molecule has 2 rings (SSSR count). The van der Waals surface area contributed by atoms with Gasteiger partial charge in [0.05, 0.1) is 5.69 Å². The van der Waals surface area contributed by atoms with Gasteiger partial charge in [0.1, 0.15) is 11.3 Å². The molecule has 1 fully saturated rings. The Hall–Kier alpha value is -1.80. The maximum atomic E-state index is 12.1. The molecule has 0 spiro atoms. The smallest absolute Gasteiger partial charge is 0.339 e. The van der Waals surface area contributed by atoms with E-state index in [4.69, 9.17) is 5.11 Å². The molecule has 7 nitrogen and oxygen atoms in total. The number of rotatable bonds is 4. The molecule has 0 unspecified atom stereocenters. The van der Waals surface area contributed by atoms with Crippen molar-refractivity contribution in [2.75, 3.05) is 17.8 Å². The average Bonchev–Trinajstić information content (AvgIpc) is 2.41. The molecule has 1 saturated heterocycles. The quantitative estimate of drug-likeness (QED) is 0.725. The zero-order valence-corrected chi connectivity index (χ0v) is 11.6. The summed E-state index contributed by atoms with van der Waals surface area (Å²) in [5.74, 6) is -1.72. The third kappa shape index (κ3) is 3.20. The molecule has 0 saturated carbocycles. The zero-order chi connectivity index (χ0) is 14.8. The lowest BCUT2D eigenvalue weighted by atomic mass is 10.2. The van der Waals surface area contributed by atoms with Crippen LogP contribution in [0.1, 0.15) is 29.6 Å². The third-order valence-electron chi connectivity index (χ3n) is 3.13. The number of hydrogen-bond donors (Lipinski definition) is 3. The van der Waals surface area contributed by atoms with Gasteiger partial charge in [-0.25, -0.2) is 4.79 Å². The number of hydrogen-bond acceptors (Lipinski definition) is 4. The predicted octanol–water partition coefficient (Wildman–Crippen LogP) is 1.23. The molecule has 0 amide bonds. The highest BCUT2D eigenvalue weighted by Gasteiger charge is 2.24. The molecule has 0 bridgehead atoms. The summed E-state index contributed by atoms with van der Waals surface area (Å²) in [5.41, 5.74) is -0.227. The molecule has 0 atom stereocenters. The van der Waals surface area contributed by atoms with Crippen LogP contribution in [0, 0.1) is 0 Å². The molecule has 1 aromatic carbocycles. The summed E-state index contributed by atoms with van der Waals surface area (Å²) in [6, 6.07) is 3.57. The van der Waals surface area contributed by atoms with E-state index in [2.05, 4.69) is 4.72 Å². The van der Waals surface area contributed by atoms with Crippen molar-refractivity contribution in [3.63, 3.8) is 0 Å². The number of nitrogens with one attached hydrogen (secondary N) is 1. The maximum Gasteiger partial charge on any atom is 0.339 e. The van der Waals surface area contributed by atoms with Gasteiger partial charge in [0.15, 0.2) is 0 Å². The van der Waals surface area contributed by atoms with Crippen LogP contribution in [0.4, 0.5) is 5.69 Å². The SMILES string of the molecule is O=C(O)c1cc(NS(=O)(=O)N2CCCCC2)ccc1O. The molecule has 8 heteroatoms. The van der Waals surface area contributed by atoms with E-state index in [1.54, 1.807) is 0 Å². The van der Waals surface area contributed by atoms with Crippen molar-refractivity contribution in [3.05, 3.63) is 23.8 Å². The maximum absolute atomic E-state index is 12.1. The fraction of sp³-hybridized carbons (Fsp3) is 0.417. The Kier molecular flexibility index (Phi) is 4.15. The summed E-state index contributed by atoms with van der Waals surface area (Å²) in [6.45, 7) is 0.915. The minimum absolute atomic E-state index is 0.116. The van der Waals surface area contributed by atoms with Crippen LogP contribution < -0.4 is 4.72 Å². The lowest BCUT2D eigenvalue weighted by Crippen LogP contribution is -2.39. The van der Waals surface area contributed by atoms with Crippen molar-refractivity contribution >= 4 is 21.9 Å². The van der Waals surface area contributed by atoms with Crippen molar-refractivity contribution in [2.45, 2.75) is 19.3 Å². The fourth-order valence-electron chi connectivity index (χ4n) is 2.09. The summed E-state index contributed by atoms with van der Waals surface area (Å²) in [7, 11) is -3.68. The van der Waals surface area contributed by atoms with Gasteiger partial charge in [0.2, 0.25) is 0 Å². The van der Waals surface area contributed by atoms with Crippen LogP contribution in [-0.2, 0) is 10.2 Å². The Bertz CT molecular complexity index is 608. The van der Waals surface area contributed by atoms with Crippen LogP contribution in [0.2, 0.25) is 0 Å². The molecule has 3 N–H and O–H groups in total. The zero-order valence-electron chi connectivity index (χ0n) is 10.7. The van der Waals surface area contributed by atoms with Crippen LogP contribution in [0.15, 0.2) is 18.2 Å². The number of nitrogens with zero attached hydrogens (tertiary/aromatic N) is 1. The lowest BCUT2D eigenvalue weighted by molar-refractivity contribution is 0.0693. The van der Waals surface area contributed by atoms with Gasteiger partial charge >= 0.3 is 16.2 Å². The first kappa shape index (κ1) is 14.6. The van der Waals surface area contributed by atoms with Crippen LogP contribution >= 0.6 is 0 Å². The van der Waals surface area contributed by atoms with Gasteiger partial charge in [-0.3, -0.25) is 4.72 Å².